The lowest BCUT2D eigenvalue weighted by atomic mass is 10.1. The minimum Gasteiger partial charge on any atom is -0.0714 e. The molecule has 0 aliphatic heterocycles. The molecule has 0 fully saturated rings. The van der Waals surface area contributed by atoms with E-state index in [1.54, 1.807) is 10.6 Å². The minimum absolute atomic E-state index is 0.266. The fourth-order valence-corrected chi connectivity index (χ4v) is 6.98. The van der Waals surface area contributed by atoms with Crippen molar-refractivity contribution in [1.82, 2.24) is 0 Å². The third-order valence-corrected chi connectivity index (χ3v) is 7.92. The molecule has 0 spiro atoms. The van der Waals surface area contributed by atoms with E-state index in [0.29, 0.717) is 0 Å². The summed E-state index contributed by atoms with van der Waals surface area (Å²) in [5, 5.41) is 3.44. The fourth-order valence-electron chi connectivity index (χ4n) is 3.81. The summed E-state index contributed by atoms with van der Waals surface area (Å²) in [5.74, 6) is 0. The monoisotopic (exact) mass is 318 g/mol. The van der Waals surface area contributed by atoms with E-state index >= 15 is 0 Å². The van der Waals surface area contributed by atoms with Gasteiger partial charge >= 0.3 is 0 Å². The SMILES string of the molecule is CC(C)(C)P(C1=CCc2ccccc21)C1=CCc2ccccc21. The highest BCUT2D eigenvalue weighted by Crippen LogP contribution is 2.70. The van der Waals surface area contributed by atoms with Crippen LogP contribution in [-0.4, -0.2) is 5.16 Å². The van der Waals surface area contributed by atoms with Crippen LogP contribution in [0, 0.1) is 0 Å². The molecule has 0 N–H and O–H groups in total. The summed E-state index contributed by atoms with van der Waals surface area (Å²) in [4.78, 5) is 0. The van der Waals surface area contributed by atoms with Crippen molar-refractivity contribution < 1.29 is 0 Å². The number of hydrogen-bond donors (Lipinski definition) is 0. The van der Waals surface area contributed by atoms with Crippen molar-refractivity contribution in [2.24, 2.45) is 0 Å². The average molecular weight is 318 g/mol. The zero-order chi connectivity index (χ0) is 16.0. The van der Waals surface area contributed by atoms with Gasteiger partial charge in [0.1, 0.15) is 0 Å². The molecule has 2 aromatic carbocycles. The molecule has 2 aliphatic carbocycles. The zero-order valence-corrected chi connectivity index (χ0v) is 15.0. The van der Waals surface area contributed by atoms with Gasteiger partial charge in [-0.05, 0) is 58.8 Å². The Morgan fingerprint density at radius 1 is 0.696 bits per heavy atom. The van der Waals surface area contributed by atoms with Gasteiger partial charge in [0.25, 0.3) is 0 Å². The van der Waals surface area contributed by atoms with E-state index in [-0.39, 0.29) is 13.1 Å². The number of fused-ring (bicyclic) bond motifs is 2. The molecular formula is C22H23P. The minimum atomic E-state index is -0.355. The van der Waals surface area contributed by atoms with Crippen molar-refractivity contribution in [3.05, 3.63) is 82.9 Å². The summed E-state index contributed by atoms with van der Waals surface area (Å²) in [6, 6.07) is 17.9. The molecular weight excluding hydrogens is 295 g/mol. The van der Waals surface area contributed by atoms with Crippen LogP contribution >= 0.6 is 7.92 Å². The molecule has 2 aromatic rings. The number of allylic oxidation sites excluding steroid dienone is 2. The molecule has 0 aromatic heterocycles. The van der Waals surface area contributed by atoms with Crippen LogP contribution in [0.3, 0.4) is 0 Å². The normalized spacial score (nSPS) is 16.2. The van der Waals surface area contributed by atoms with Gasteiger partial charge in [-0.25, -0.2) is 0 Å². The summed E-state index contributed by atoms with van der Waals surface area (Å²) < 4.78 is 0. The Bertz CT molecular complexity index is 754. The molecule has 0 atom stereocenters. The maximum Gasteiger partial charge on any atom is -0.00815 e. The van der Waals surface area contributed by atoms with Crippen molar-refractivity contribution in [2.75, 3.05) is 0 Å². The van der Waals surface area contributed by atoms with E-state index in [1.165, 1.54) is 22.3 Å². The molecule has 4 rings (SSSR count). The Balaban J connectivity index is 1.83. The van der Waals surface area contributed by atoms with Crippen molar-refractivity contribution in [3.63, 3.8) is 0 Å². The lowest BCUT2D eigenvalue weighted by Gasteiger charge is -2.35. The first-order chi connectivity index (χ1) is 11.1. The van der Waals surface area contributed by atoms with Gasteiger partial charge in [0.15, 0.2) is 0 Å². The van der Waals surface area contributed by atoms with Gasteiger partial charge in [-0.15, -0.1) is 0 Å². The highest BCUT2D eigenvalue weighted by molar-refractivity contribution is 7.79. The van der Waals surface area contributed by atoms with Crippen molar-refractivity contribution in [2.45, 2.75) is 38.8 Å². The largest absolute Gasteiger partial charge is 0.0714 e. The zero-order valence-electron chi connectivity index (χ0n) is 14.1. The van der Waals surface area contributed by atoms with Gasteiger partial charge in [0, 0.05) is 0 Å². The second kappa shape index (κ2) is 5.46. The third-order valence-electron chi connectivity index (χ3n) is 4.77. The highest BCUT2D eigenvalue weighted by Gasteiger charge is 2.36. The van der Waals surface area contributed by atoms with Gasteiger partial charge < -0.3 is 0 Å². The van der Waals surface area contributed by atoms with Crippen LogP contribution in [0.4, 0.5) is 0 Å². The Labute approximate surface area is 140 Å². The highest BCUT2D eigenvalue weighted by atomic mass is 31.1. The van der Waals surface area contributed by atoms with Crippen LogP contribution in [0.15, 0.2) is 60.7 Å². The maximum absolute atomic E-state index is 2.49. The van der Waals surface area contributed by atoms with E-state index in [0.717, 1.165) is 12.8 Å². The molecule has 0 heterocycles. The summed E-state index contributed by atoms with van der Waals surface area (Å²) >= 11 is 0. The predicted octanol–water partition coefficient (Wildman–Crippen LogP) is 6.46. The third kappa shape index (κ3) is 2.50. The molecule has 0 unspecified atom stereocenters. The van der Waals surface area contributed by atoms with Crippen LogP contribution in [-0.2, 0) is 12.8 Å². The second-order valence-electron chi connectivity index (χ2n) is 7.41. The fraction of sp³-hybridized carbons (Fsp3) is 0.273. The Morgan fingerprint density at radius 2 is 1.13 bits per heavy atom. The van der Waals surface area contributed by atoms with Crippen LogP contribution in [0.5, 0.6) is 0 Å². The first-order valence-electron chi connectivity index (χ1n) is 8.43. The number of hydrogen-bond acceptors (Lipinski definition) is 0. The molecule has 1 heteroatoms. The van der Waals surface area contributed by atoms with Crippen molar-refractivity contribution in [1.29, 1.82) is 0 Å². The molecule has 0 radical (unpaired) electrons. The van der Waals surface area contributed by atoms with Gasteiger partial charge in [0.2, 0.25) is 0 Å². The average Bonchev–Trinajstić information content (AvgIpc) is 3.12. The van der Waals surface area contributed by atoms with Gasteiger partial charge in [-0.1, -0.05) is 81.5 Å². The lowest BCUT2D eigenvalue weighted by molar-refractivity contribution is 0.794. The summed E-state index contributed by atoms with van der Waals surface area (Å²) in [7, 11) is -0.355. The van der Waals surface area contributed by atoms with E-state index < -0.39 is 0 Å². The van der Waals surface area contributed by atoms with Gasteiger partial charge in [-0.2, -0.15) is 0 Å². The predicted molar refractivity (Wildman–Crippen MR) is 103 cm³/mol. The molecule has 0 amide bonds. The summed E-state index contributed by atoms with van der Waals surface area (Å²) in [5.41, 5.74) is 5.95. The van der Waals surface area contributed by atoms with Crippen LogP contribution in [0.1, 0.15) is 43.0 Å². The number of rotatable bonds is 2. The first-order valence-corrected chi connectivity index (χ1v) is 9.77. The smallest absolute Gasteiger partial charge is 0.00815 e. The topological polar surface area (TPSA) is 0 Å². The second-order valence-corrected chi connectivity index (χ2v) is 10.4. The van der Waals surface area contributed by atoms with Crippen LogP contribution < -0.4 is 0 Å². The number of benzene rings is 2. The van der Waals surface area contributed by atoms with E-state index in [2.05, 4.69) is 81.5 Å². The van der Waals surface area contributed by atoms with E-state index in [9.17, 15) is 0 Å². The van der Waals surface area contributed by atoms with Gasteiger partial charge in [-0.3, -0.25) is 0 Å². The Morgan fingerprint density at radius 3 is 1.57 bits per heavy atom. The molecule has 0 nitrogen and oxygen atoms in total. The lowest BCUT2D eigenvalue weighted by Crippen LogP contribution is -2.12. The van der Waals surface area contributed by atoms with E-state index in [1.807, 2.05) is 0 Å². The van der Waals surface area contributed by atoms with Crippen molar-refractivity contribution >= 4 is 18.5 Å². The molecule has 0 saturated heterocycles. The Kier molecular flexibility index (Phi) is 3.54. The van der Waals surface area contributed by atoms with Crippen molar-refractivity contribution in [3.8, 4) is 0 Å². The standard InChI is InChI=1S/C22H23P/c1-22(2,3)23(20-14-12-16-8-4-6-10-18(16)20)21-15-13-17-9-5-7-11-19(17)21/h4-11,14-15H,12-13H2,1-3H3. The summed E-state index contributed by atoms with van der Waals surface area (Å²) in [6.07, 6.45) is 7.16. The van der Waals surface area contributed by atoms with E-state index in [4.69, 9.17) is 0 Å². The first kappa shape index (κ1) is 14.9. The van der Waals surface area contributed by atoms with Gasteiger partial charge in [0.05, 0.1) is 0 Å². The maximum atomic E-state index is 2.49. The summed E-state index contributed by atoms with van der Waals surface area (Å²) in [6.45, 7) is 7.22. The molecule has 0 saturated carbocycles. The molecule has 2 aliphatic rings. The molecule has 23 heavy (non-hydrogen) atoms. The Hall–Kier alpha value is -1.65. The quantitative estimate of drug-likeness (QED) is 0.557. The molecule has 116 valence electrons. The van der Waals surface area contributed by atoms with Crippen LogP contribution in [0.2, 0.25) is 0 Å². The van der Waals surface area contributed by atoms with Crippen LogP contribution in [0.25, 0.3) is 10.6 Å². The molecule has 0 bridgehead atoms.